The molecule has 0 saturated carbocycles. The van der Waals surface area contributed by atoms with Crippen molar-refractivity contribution in [3.8, 4) is 11.6 Å². The zero-order chi connectivity index (χ0) is 19.7. The number of carbonyl (C=O) groups is 1. The van der Waals surface area contributed by atoms with Gasteiger partial charge < -0.3 is 10.1 Å². The van der Waals surface area contributed by atoms with Gasteiger partial charge in [-0.25, -0.2) is 4.98 Å². The van der Waals surface area contributed by atoms with Gasteiger partial charge in [-0.2, -0.15) is 9.78 Å². The SMILES string of the molecule is COc1cccc2c(C)cc(-n3nc(C)cc3NC(=O)c3ccccc3)nc12. The first-order valence-corrected chi connectivity index (χ1v) is 8.94. The summed E-state index contributed by atoms with van der Waals surface area (Å²) in [4.78, 5) is 17.3. The number of anilines is 1. The van der Waals surface area contributed by atoms with Gasteiger partial charge in [0.1, 0.15) is 17.1 Å². The number of aromatic nitrogens is 3. The van der Waals surface area contributed by atoms with Gasteiger partial charge in [-0.3, -0.25) is 4.79 Å². The molecule has 4 aromatic rings. The number of hydrogen-bond acceptors (Lipinski definition) is 4. The van der Waals surface area contributed by atoms with E-state index in [9.17, 15) is 4.79 Å². The molecule has 1 N–H and O–H groups in total. The molecule has 4 rings (SSSR count). The lowest BCUT2D eigenvalue weighted by Gasteiger charge is -2.12. The molecule has 6 heteroatoms. The quantitative estimate of drug-likeness (QED) is 0.580. The molecule has 0 spiro atoms. The van der Waals surface area contributed by atoms with Crippen molar-refractivity contribution < 1.29 is 9.53 Å². The van der Waals surface area contributed by atoms with E-state index in [1.54, 1.807) is 23.9 Å². The van der Waals surface area contributed by atoms with Gasteiger partial charge in [0.2, 0.25) is 0 Å². The van der Waals surface area contributed by atoms with E-state index in [2.05, 4.69) is 10.4 Å². The van der Waals surface area contributed by atoms with E-state index in [4.69, 9.17) is 9.72 Å². The third kappa shape index (κ3) is 3.20. The first-order valence-electron chi connectivity index (χ1n) is 8.94. The summed E-state index contributed by atoms with van der Waals surface area (Å²) in [5.74, 6) is 1.68. The predicted octanol–water partition coefficient (Wildman–Crippen LogP) is 4.30. The van der Waals surface area contributed by atoms with E-state index in [1.165, 1.54) is 0 Å². The number of para-hydroxylation sites is 1. The highest BCUT2D eigenvalue weighted by Gasteiger charge is 2.15. The van der Waals surface area contributed by atoms with E-state index in [0.717, 1.165) is 22.2 Å². The predicted molar refractivity (Wildman–Crippen MR) is 109 cm³/mol. The fourth-order valence-electron chi connectivity index (χ4n) is 3.19. The number of amides is 1. The molecule has 0 radical (unpaired) electrons. The van der Waals surface area contributed by atoms with Crippen molar-refractivity contribution in [2.75, 3.05) is 12.4 Å². The van der Waals surface area contributed by atoms with Crippen LogP contribution in [0.15, 0.2) is 60.7 Å². The highest BCUT2D eigenvalue weighted by atomic mass is 16.5. The Hall–Kier alpha value is -3.67. The third-order valence-electron chi connectivity index (χ3n) is 4.54. The number of rotatable bonds is 4. The molecule has 2 aromatic carbocycles. The largest absolute Gasteiger partial charge is 0.494 e. The molecule has 6 nitrogen and oxygen atoms in total. The number of pyridine rings is 1. The number of ether oxygens (including phenoxy) is 1. The van der Waals surface area contributed by atoms with E-state index >= 15 is 0 Å². The van der Waals surface area contributed by atoms with Crippen LogP contribution < -0.4 is 10.1 Å². The Labute approximate surface area is 162 Å². The molecule has 0 unspecified atom stereocenters. The van der Waals surface area contributed by atoms with Gasteiger partial charge in [0.05, 0.1) is 12.8 Å². The summed E-state index contributed by atoms with van der Waals surface area (Å²) in [7, 11) is 1.63. The number of benzene rings is 2. The number of nitrogens with one attached hydrogen (secondary N) is 1. The third-order valence-corrected chi connectivity index (χ3v) is 4.54. The normalized spacial score (nSPS) is 10.8. The monoisotopic (exact) mass is 372 g/mol. The number of carbonyl (C=O) groups excluding carboxylic acids is 1. The van der Waals surface area contributed by atoms with E-state index in [-0.39, 0.29) is 5.91 Å². The van der Waals surface area contributed by atoms with Crippen LogP contribution in [0.1, 0.15) is 21.6 Å². The van der Waals surface area contributed by atoms with Gasteiger partial charge in [-0.05, 0) is 43.7 Å². The summed E-state index contributed by atoms with van der Waals surface area (Å²) in [6.45, 7) is 3.90. The Kier molecular flexibility index (Phi) is 4.53. The molecule has 0 aliphatic carbocycles. The second-order valence-corrected chi connectivity index (χ2v) is 6.56. The summed E-state index contributed by atoms with van der Waals surface area (Å²) in [6, 6.07) is 18.7. The van der Waals surface area contributed by atoms with Crippen molar-refractivity contribution in [1.29, 1.82) is 0 Å². The molecule has 2 aromatic heterocycles. The van der Waals surface area contributed by atoms with Gasteiger partial charge >= 0.3 is 0 Å². The first kappa shape index (κ1) is 17.7. The van der Waals surface area contributed by atoms with Crippen molar-refractivity contribution in [1.82, 2.24) is 14.8 Å². The molecule has 0 aliphatic rings. The van der Waals surface area contributed by atoms with Gasteiger partial charge in [0.15, 0.2) is 5.82 Å². The van der Waals surface area contributed by atoms with E-state index in [1.807, 2.05) is 62.4 Å². The fourth-order valence-corrected chi connectivity index (χ4v) is 3.19. The van der Waals surface area contributed by atoms with Gasteiger partial charge in [0.25, 0.3) is 5.91 Å². The first-order chi connectivity index (χ1) is 13.6. The van der Waals surface area contributed by atoms with Crippen LogP contribution in [0.2, 0.25) is 0 Å². The second-order valence-electron chi connectivity index (χ2n) is 6.56. The van der Waals surface area contributed by atoms with Crippen LogP contribution in [-0.2, 0) is 0 Å². The molecule has 2 heterocycles. The molecule has 0 bridgehead atoms. The van der Waals surface area contributed by atoms with Gasteiger partial charge in [0, 0.05) is 17.0 Å². The second kappa shape index (κ2) is 7.15. The smallest absolute Gasteiger partial charge is 0.256 e. The van der Waals surface area contributed by atoms with Crippen LogP contribution in [0.3, 0.4) is 0 Å². The Morgan fingerprint density at radius 2 is 1.82 bits per heavy atom. The zero-order valence-corrected chi connectivity index (χ0v) is 15.9. The average Bonchev–Trinajstić information content (AvgIpc) is 3.08. The van der Waals surface area contributed by atoms with Crippen LogP contribution in [0.25, 0.3) is 16.7 Å². The molecular weight excluding hydrogens is 352 g/mol. The molecule has 0 atom stereocenters. The minimum absolute atomic E-state index is 0.197. The van der Waals surface area contributed by atoms with Crippen LogP contribution >= 0.6 is 0 Å². The Morgan fingerprint density at radius 1 is 1.04 bits per heavy atom. The van der Waals surface area contributed by atoms with Crippen LogP contribution in [-0.4, -0.2) is 27.8 Å². The van der Waals surface area contributed by atoms with E-state index in [0.29, 0.717) is 22.9 Å². The maximum atomic E-state index is 12.6. The van der Waals surface area contributed by atoms with Crippen molar-refractivity contribution in [3.05, 3.63) is 77.5 Å². The molecule has 140 valence electrons. The number of methoxy groups -OCH3 is 1. The zero-order valence-electron chi connectivity index (χ0n) is 15.9. The van der Waals surface area contributed by atoms with Crippen LogP contribution in [0, 0.1) is 13.8 Å². The molecule has 0 saturated heterocycles. The summed E-state index contributed by atoms with van der Waals surface area (Å²) < 4.78 is 7.12. The number of nitrogens with zero attached hydrogens (tertiary/aromatic N) is 3. The number of hydrogen-bond donors (Lipinski definition) is 1. The molecular formula is C22H20N4O2. The highest BCUT2D eigenvalue weighted by Crippen LogP contribution is 2.28. The number of aryl methyl sites for hydroxylation is 2. The lowest BCUT2D eigenvalue weighted by atomic mass is 10.1. The van der Waals surface area contributed by atoms with Crippen molar-refractivity contribution in [2.24, 2.45) is 0 Å². The summed E-state index contributed by atoms with van der Waals surface area (Å²) in [5, 5.41) is 8.48. The minimum Gasteiger partial charge on any atom is -0.494 e. The van der Waals surface area contributed by atoms with E-state index < -0.39 is 0 Å². The van der Waals surface area contributed by atoms with Gasteiger partial charge in [-0.15, -0.1) is 0 Å². The summed E-state index contributed by atoms with van der Waals surface area (Å²) in [6.07, 6.45) is 0. The molecule has 1 amide bonds. The van der Waals surface area contributed by atoms with Crippen molar-refractivity contribution in [3.63, 3.8) is 0 Å². The standard InChI is InChI=1S/C22H20N4O2/c1-14-12-19(23-21-17(14)10-7-11-18(21)28-3)26-20(13-15(2)25-26)24-22(27)16-8-5-4-6-9-16/h4-13H,1-3H3,(H,24,27). The molecule has 0 aliphatic heterocycles. The fraction of sp³-hybridized carbons (Fsp3) is 0.136. The lowest BCUT2D eigenvalue weighted by Crippen LogP contribution is -2.15. The summed E-state index contributed by atoms with van der Waals surface area (Å²) in [5.41, 5.74) is 3.17. The Bertz CT molecular complexity index is 1170. The van der Waals surface area contributed by atoms with Gasteiger partial charge in [-0.1, -0.05) is 30.3 Å². The van der Waals surface area contributed by atoms with Crippen LogP contribution in [0.4, 0.5) is 5.82 Å². The molecule has 28 heavy (non-hydrogen) atoms. The Morgan fingerprint density at radius 3 is 2.57 bits per heavy atom. The maximum Gasteiger partial charge on any atom is 0.256 e. The number of fused-ring (bicyclic) bond motifs is 1. The maximum absolute atomic E-state index is 12.6. The van der Waals surface area contributed by atoms with Crippen molar-refractivity contribution >= 4 is 22.6 Å². The highest BCUT2D eigenvalue weighted by molar-refractivity contribution is 6.04. The van der Waals surface area contributed by atoms with Crippen molar-refractivity contribution in [2.45, 2.75) is 13.8 Å². The minimum atomic E-state index is -0.197. The summed E-state index contributed by atoms with van der Waals surface area (Å²) >= 11 is 0. The lowest BCUT2D eigenvalue weighted by molar-refractivity contribution is 0.102. The topological polar surface area (TPSA) is 69.0 Å². The van der Waals surface area contributed by atoms with Crippen LogP contribution in [0.5, 0.6) is 5.75 Å². The Balaban J connectivity index is 1.79. The average molecular weight is 372 g/mol. The molecule has 0 fully saturated rings.